The molecule has 1 heterocycles. The quantitative estimate of drug-likeness (QED) is 0.423. The number of rotatable bonds is 8. The molecule has 3 aromatic rings. The largest absolute Gasteiger partial charge is 0.760 e. The molecule has 156 valence electrons. The molecule has 30 heavy (non-hydrogen) atoms. The number of carbonyl (C=O) groups is 2. The van der Waals surface area contributed by atoms with Crippen LogP contribution in [-0.2, 0) is 6.54 Å². The van der Waals surface area contributed by atoms with Crippen LogP contribution in [0.2, 0.25) is 0 Å². The SMILES string of the molecule is Cc1ncc(N[O-])n1CCOc1ccc(C(=O)Nc2ccc(Br)cc2C(=O)O)cc1. The van der Waals surface area contributed by atoms with Crippen molar-refractivity contribution in [2.24, 2.45) is 0 Å². The van der Waals surface area contributed by atoms with E-state index in [1.807, 2.05) is 5.48 Å². The summed E-state index contributed by atoms with van der Waals surface area (Å²) < 4.78 is 7.96. The van der Waals surface area contributed by atoms with Crippen LogP contribution < -0.4 is 15.5 Å². The molecule has 0 aliphatic rings. The van der Waals surface area contributed by atoms with Crippen molar-refractivity contribution < 1.29 is 19.4 Å². The number of hydrogen-bond donors (Lipinski definition) is 3. The van der Waals surface area contributed by atoms with Crippen LogP contribution in [0.5, 0.6) is 5.75 Å². The molecule has 0 fully saturated rings. The maximum absolute atomic E-state index is 12.5. The molecule has 0 aliphatic carbocycles. The summed E-state index contributed by atoms with van der Waals surface area (Å²) in [6, 6.07) is 11.0. The van der Waals surface area contributed by atoms with Gasteiger partial charge in [-0.2, -0.15) is 0 Å². The Kier molecular flexibility index (Phi) is 6.70. The van der Waals surface area contributed by atoms with Crippen LogP contribution in [0, 0.1) is 12.1 Å². The maximum atomic E-state index is 12.5. The zero-order chi connectivity index (χ0) is 21.7. The van der Waals surface area contributed by atoms with E-state index in [0.29, 0.717) is 40.6 Å². The fourth-order valence-electron chi connectivity index (χ4n) is 2.79. The summed E-state index contributed by atoms with van der Waals surface area (Å²) in [6.07, 6.45) is 1.46. The number of imidazole rings is 1. The van der Waals surface area contributed by atoms with E-state index in [1.165, 1.54) is 18.3 Å². The van der Waals surface area contributed by atoms with Gasteiger partial charge in [-0.3, -0.25) is 4.79 Å². The normalized spacial score (nSPS) is 10.5. The van der Waals surface area contributed by atoms with Crippen molar-refractivity contribution in [1.29, 1.82) is 0 Å². The van der Waals surface area contributed by atoms with Crippen LogP contribution in [0.3, 0.4) is 0 Å². The van der Waals surface area contributed by atoms with E-state index in [9.17, 15) is 19.9 Å². The minimum atomic E-state index is -1.14. The predicted molar refractivity (Wildman–Crippen MR) is 115 cm³/mol. The number of carbonyl (C=O) groups excluding carboxylic acids is 1. The molecule has 1 amide bonds. The number of carboxylic acids is 1. The summed E-state index contributed by atoms with van der Waals surface area (Å²) in [4.78, 5) is 27.9. The van der Waals surface area contributed by atoms with Crippen LogP contribution in [0.25, 0.3) is 0 Å². The standard InChI is InChI=1S/C20H18BrN4O5/c1-12-22-11-18(24-29)25(12)8-9-30-15-5-2-13(3-6-15)19(26)23-17-7-4-14(21)10-16(17)20(27)28/h2-7,10-11,24H,8-9H2,1H3,(H,23,26)(H,27,28)/q-1. The van der Waals surface area contributed by atoms with Gasteiger partial charge in [0.25, 0.3) is 5.91 Å². The molecular weight excluding hydrogens is 456 g/mol. The van der Waals surface area contributed by atoms with Gasteiger partial charge in [-0.1, -0.05) is 15.9 Å². The number of nitrogens with zero attached hydrogens (tertiary/aromatic N) is 2. The summed E-state index contributed by atoms with van der Waals surface area (Å²) in [6.45, 7) is 2.52. The van der Waals surface area contributed by atoms with Gasteiger partial charge in [-0.25, -0.2) is 9.78 Å². The van der Waals surface area contributed by atoms with Crippen molar-refractivity contribution in [2.75, 3.05) is 17.4 Å². The molecule has 0 saturated carbocycles. The molecule has 3 N–H and O–H groups in total. The van der Waals surface area contributed by atoms with E-state index in [-0.39, 0.29) is 11.3 Å². The van der Waals surface area contributed by atoms with Gasteiger partial charge >= 0.3 is 5.97 Å². The number of aromatic carboxylic acids is 1. The minimum absolute atomic E-state index is 0.0144. The molecule has 0 bridgehead atoms. The molecule has 3 rings (SSSR count). The summed E-state index contributed by atoms with van der Waals surface area (Å²) in [7, 11) is 0. The van der Waals surface area contributed by atoms with E-state index in [1.54, 1.807) is 41.8 Å². The number of halogens is 1. The molecule has 0 saturated heterocycles. The van der Waals surface area contributed by atoms with E-state index in [0.717, 1.165) is 0 Å². The lowest BCUT2D eigenvalue weighted by atomic mass is 10.1. The van der Waals surface area contributed by atoms with Gasteiger partial charge in [-0.05, 0) is 49.4 Å². The first-order valence-electron chi connectivity index (χ1n) is 8.86. The van der Waals surface area contributed by atoms with Crippen molar-refractivity contribution in [3.8, 4) is 5.75 Å². The zero-order valence-electron chi connectivity index (χ0n) is 15.9. The van der Waals surface area contributed by atoms with Gasteiger partial charge in [0.05, 0.1) is 24.0 Å². The first-order valence-corrected chi connectivity index (χ1v) is 9.65. The Bertz CT molecular complexity index is 1070. The molecular formula is C20H18BrN4O5-. The van der Waals surface area contributed by atoms with E-state index >= 15 is 0 Å². The lowest BCUT2D eigenvalue weighted by Crippen LogP contribution is -2.15. The third-order valence-electron chi connectivity index (χ3n) is 4.32. The van der Waals surface area contributed by atoms with Crippen molar-refractivity contribution >= 4 is 39.3 Å². The fraction of sp³-hybridized carbons (Fsp3) is 0.150. The molecule has 0 atom stereocenters. The number of ether oxygens (including phenoxy) is 1. The number of nitrogens with one attached hydrogen (secondary N) is 2. The van der Waals surface area contributed by atoms with Crippen molar-refractivity contribution in [3.63, 3.8) is 0 Å². The van der Waals surface area contributed by atoms with Crippen LogP contribution in [0.4, 0.5) is 11.5 Å². The Hall–Kier alpha value is -3.37. The summed E-state index contributed by atoms with van der Waals surface area (Å²) in [5.74, 6) is 0.0237. The van der Waals surface area contributed by atoms with Gasteiger partial charge in [0.15, 0.2) is 0 Å². The Labute approximate surface area is 180 Å². The topological polar surface area (TPSA) is 129 Å². The average molecular weight is 474 g/mol. The zero-order valence-corrected chi connectivity index (χ0v) is 17.5. The van der Waals surface area contributed by atoms with Gasteiger partial charge in [0, 0.05) is 10.0 Å². The second-order valence-electron chi connectivity index (χ2n) is 6.27. The number of aromatic nitrogens is 2. The molecule has 1 aromatic heterocycles. The van der Waals surface area contributed by atoms with Crippen LogP contribution in [0.1, 0.15) is 26.5 Å². The first kappa shape index (κ1) is 21.3. The second-order valence-corrected chi connectivity index (χ2v) is 7.18. The second kappa shape index (κ2) is 9.42. The number of anilines is 2. The summed E-state index contributed by atoms with van der Waals surface area (Å²) in [5, 5.41) is 22.8. The summed E-state index contributed by atoms with van der Waals surface area (Å²) >= 11 is 3.21. The van der Waals surface area contributed by atoms with Gasteiger partial charge < -0.3 is 30.4 Å². The minimum Gasteiger partial charge on any atom is -0.760 e. The molecule has 9 nitrogen and oxygen atoms in total. The molecule has 10 heteroatoms. The Morgan fingerprint density at radius 3 is 2.63 bits per heavy atom. The van der Waals surface area contributed by atoms with E-state index < -0.39 is 11.9 Å². The van der Waals surface area contributed by atoms with Gasteiger partial charge in [-0.15, -0.1) is 0 Å². The highest BCUT2D eigenvalue weighted by Gasteiger charge is 2.14. The number of hydrogen-bond acceptors (Lipinski definition) is 6. The van der Waals surface area contributed by atoms with Crippen molar-refractivity contribution in [2.45, 2.75) is 13.5 Å². The van der Waals surface area contributed by atoms with E-state index in [2.05, 4.69) is 26.2 Å². The fourth-order valence-corrected chi connectivity index (χ4v) is 3.15. The molecule has 0 radical (unpaired) electrons. The highest BCUT2D eigenvalue weighted by Crippen LogP contribution is 2.22. The maximum Gasteiger partial charge on any atom is 0.337 e. The van der Waals surface area contributed by atoms with Crippen molar-refractivity contribution in [1.82, 2.24) is 9.55 Å². The number of carboxylic acid groups (broad SMARTS) is 1. The molecule has 0 unspecified atom stereocenters. The average Bonchev–Trinajstić information content (AvgIpc) is 3.09. The lowest BCUT2D eigenvalue weighted by molar-refractivity contribution is 0.0698. The number of benzene rings is 2. The van der Waals surface area contributed by atoms with Crippen molar-refractivity contribution in [3.05, 3.63) is 75.3 Å². The number of amides is 1. The van der Waals surface area contributed by atoms with Crippen LogP contribution in [-0.4, -0.2) is 33.1 Å². The molecule has 0 aliphatic heterocycles. The summed E-state index contributed by atoms with van der Waals surface area (Å²) in [5.41, 5.74) is 2.37. The third kappa shape index (κ3) is 4.97. The third-order valence-corrected chi connectivity index (χ3v) is 4.81. The Morgan fingerprint density at radius 2 is 1.97 bits per heavy atom. The highest BCUT2D eigenvalue weighted by atomic mass is 79.9. The molecule has 0 spiro atoms. The monoisotopic (exact) mass is 473 g/mol. The predicted octanol–water partition coefficient (Wildman–Crippen LogP) is 3.89. The highest BCUT2D eigenvalue weighted by molar-refractivity contribution is 9.10. The lowest BCUT2D eigenvalue weighted by Gasteiger charge is -2.14. The van der Waals surface area contributed by atoms with Gasteiger partial charge in [0.2, 0.25) is 0 Å². The smallest absolute Gasteiger partial charge is 0.337 e. The Balaban J connectivity index is 1.61. The van der Waals surface area contributed by atoms with Crippen LogP contribution in [0.15, 0.2) is 53.1 Å². The number of aryl methyl sites for hydroxylation is 1. The van der Waals surface area contributed by atoms with Crippen LogP contribution >= 0.6 is 15.9 Å². The first-order chi connectivity index (χ1) is 14.4. The Morgan fingerprint density at radius 1 is 1.23 bits per heavy atom. The molecule has 2 aromatic carbocycles. The van der Waals surface area contributed by atoms with E-state index in [4.69, 9.17) is 4.74 Å². The van der Waals surface area contributed by atoms with Gasteiger partial charge in [0.1, 0.15) is 24.0 Å².